The van der Waals surface area contributed by atoms with Gasteiger partial charge in [0.25, 0.3) is 11.8 Å². The zero-order valence-corrected chi connectivity index (χ0v) is 23.1. The Morgan fingerprint density at radius 2 is 1.21 bits per heavy atom. The van der Waals surface area contributed by atoms with E-state index in [4.69, 9.17) is 10.5 Å². The van der Waals surface area contributed by atoms with Gasteiger partial charge in [0.05, 0.1) is 17.9 Å². The van der Waals surface area contributed by atoms with Crippen LogP contribution in [-0.4, -0.2) is 29.5 Å². The van der Waals surface area contributed by atoms with E-state index in [1.54, 1.807) is 43.3 Å². The SMILES string of the molecule is CCOC(=O)c1ccc(N(C(=O)c2ccc(N)cc2)C(=O)c2cc(C(C)(C)C)c(O)c(C(C)(C)C)c2)cc1. The Hall–Kier alpha value is -4.13. The Bertz CT molecular complexity index is 1310. The zero-order chi connectivity index (χ0) is 28.4. The van der Waals surface area contributed by atoms with Crippen molar-refractivity contribution in [2.75, 3.05) is 17.2 Å². The van der Waals surface area contributed by atoms with E-state index in [2.05, 4.69) is 0 Å². The van der Waals surface area contributed by atoms with E-state index >= 15 is 0 Å². The lowest BCUT2D eigenvalue weighted by Crippen LogP contribution is -2.37. The van der Waals surface area contributed by atoms with Crippen molar-refractivity contribution in [1.29, 1.82) is 0 Å². The highest BCUT2D eigenvalue weighted by molar-refractivity contribution is 6.26. The molecule has 3 aromatic rings. The molecule has 0 atom stereocenters. The molecule has 0 aliphatic rings. The van der Waals surface area contributed by atoms with Gasteiger partial charge in [-0.1, -0.05) is 41.5 Å². The van der Waals surface area contributed by atoms with Gasteiger partial charge in [0.1, 0.15) is 5.75 Å². The van der Waals surface area contributed by atoms with Gasteiger partial charge >= 0.3 is 5.97 Å². The summed E-state index contributed by atoms with van der Waals surface area (Å²) < 4.78 is 5.05. The summed E-state index contributed by atoms with van der Waals surface area (Å²) in [5, 5.41) is 11.1. The average Bonchev–Trinajstić information content (AvgIpc) is 2.83. The number of hydrogen-bond acceptors (Lipinski definition) is 6. The molecule has 0 spiro atoms. The molecule has 0 aliphatic carbocycles. The van der Waals surface area contributed by atoms with Crippen LogP contribution < -0.4 is 10.6 Å². The van der Waals surface area contributed by atoms with Gasteiger partial charge in [-0.25, -0.2) is 9.69 Å². The number of aromatic hydroxyl groups is 1. The molecule has 0 saturated carbocycles. The van der Waals surface area contributed by atoms with Crippen LogP contribution in [0, 0.1) is 0 Å². The number of rotatable bonds is 5. The number of nitrogens with zero attached hydrogens (tertiary/aromatic N) is 1. The minimum atomic E-state index is -0.563. The van der Waals surface area contributed by atoms with Crippen LogP contribution in [0.15, 0.2) is 60.7 Å². The van der Waals surface area contributed by atoms with Crippen molar-refractivity contribution in [3.8, 4) is 5.75 Å². The fourth-order valence-electron chi connectivity index (χ4n) is 4.07. The van der Waals surface area contributed by atoms with E-state index in [9.17, 15) is 19.5 Å². The quantitative estimate of drug-likeness (QED) is 0.236. The fourth-order valence-corrected chi connectivity index (χ4v) is 4.07. The molecule has 7 nitrogen and oxygen atoms in total. The Labute approximate surface area is 224 Å². The molecule has 3 aromatic carbocycles. The molecule has 0 aliphatic heterocycles. The van der Waals surface area contributed by atoms with Crippen LogP contribution in [0.1, 0.15) is 90.7 Å². The summed E-state index contributed by atoms with van der Waals surface area (Å²) in [6, 6.07) is 15.7. The summed E-state index contributed by atoms with van der Waals surface area (Å²) in [5.74, 6) is -1.48. The zero-order valence-electron chi connectivity index (χ0n) is 23.1. The monoisotopic (exact) mass is 516 g/mol. The first-order valence-electron chi connectivity index (χ1n) is 12.5. The van der Waals surface area contributed by atoms with Crippen LogP contribution in [0.25, 0.3) is 0 Å². The molecule has 3 N–H and O–H groups in total. The number of hydrogen-bond donors (Lipinski definition) is 2. The van der Waals surface area contributed by atoms with Crippen LogP contribution in [0.4, 0.5) is 11.4 Å². The Morgan fingerprint density at radius 3 is 1.66 bits per heavy atom. The van der Waals surface area contributed by atoms with Gasteiger partial charge in [-0.05, 0) is 78.4 Å². The lowest BCUT2D eigenvalue weighted by molar-refractivity contribution is 0.0526. The van der Waals surface area contributed by atoms with Gasteiger partial charge in [-0.3, -0.25) is 9.59 Å². The van der Waals surface area contributed by atoms with Crippen LogP contribution in [0.2, 0.25) is 0 Å². The molecule has 7 heteroatoms. The molecule has 0 heterocycles. The number of phenols is 1. The molecule has 0 aromatic heterocycles. The summed E-state index contributed by atoms with van der Waals surface area (Å²) in [5.41, 5.74) is 7.69. The summed E-state index contributed by atoms with van der Waals surface area (Å²) in [6.07, 6.45) is 0. The molecule has 0 fully saturated rings. The van der Waals surface area contributed by atoms with E-state index in [-0.39, 0.29) is 29.2 Å². The standard InChI is InChI=1S/C31H36N2O5/c1-8-38-29(37)20-11-15-23(16-12-20)33(27(35)19-9-13-22(32)14-10-19)28(36)21-17-24(30(2,3)4)26(34)25(18-21)31(5,6)7/h9-18,34H,8,32H2,1-7H3. The highest BCUT2D eigenvalue weighted by Crippen LogP contribution is 2.40. The molecule has 0 bridgehead atoms. The van der Waals surface area contributed by atoms with Gasteiger partial charge in [0.15, 0.2) is 0 Å². The maximum absolute atomic E-state index is 14.1. The van der Waals surface area contributed by atoms with Crippen molar-refractivity contribution < 1.29 is 24.2 Å². The number of carbonyl (C=O) groups excluding carboxylic acids is 3. The first-order chi connectivity index (χ1) is 17.6. The number of esters is 1. The fraction of sp³-hybridized carbons (Fsp3) is 0.323. The third-order valence-corrected chi connectivity index (χ3v) is 6.17. The number of anilines is 2. The Morgan fingerprint density at radius 1 is 0.763 bits per heavy atom. The van der Waals surface area contributed by atoms with Crippen molar-refractivity contribution in [2.24, 2.45) is 0 Å². The number of carbonyl (C=O) groups is 3. The van der Waals surface area contributed by atoms with Gasteiger partial charge in [-0.2, -0.15) is 0 Å². The van der Waals surface area contributed by atoms with Gasteiger partial charge in [-0.15, -0.1) is 0 Å². The Kier molecular flexibility index (Phi) is 8.01. The molecule has 200 valence electrons. The van der Waals surface area contributed by atoms with Crippen LogP contribution in [-0.2, 0) is 15.6 Å². The maximum Gasteiger partial charge on any atom is 0.338 e. The molecule has 0 radical (unpaired) electrons. The van der Waals surface area contributed by atoms with E-state index in [1.807, 2.05) is 41.5 Å². The van der Waals surface area contributed by atoms with Gasteiger partial charge < -0.3 is 15.6 Å². The number of benzene rings is 3. The van der Waals surface area contributed by atoms with E-state index in [0.717, 1.165) is 4.90 Å². The molecular formula is C31H36N2O5. The number of phenolic OH excluding ortho intramolecular Hbond substituents is 1. The number of nitrogens with two attached hydrogens (primary N) is 1. The number of amides is 2. The van der Waals surface area contributed by atoms with Crippen LogP contribution in [0.5, 0.6) is 5.75 Å². The number of ether oxygens (including phenoxy) is 1. The van der Waals surface area contributed by atoms with Crippen LogP contribution in [0.3, 0.4) is 0 Å². The topological polar surface area (TPSA) is 110 Å². The van der Waals surface area contributed by atoms with E-state index < -0.39 is 28.6 Å². The van der Waals surface area contributed by atoms with Crippen molar-refractivity contribution in [3.63, 3.8) is 0 Å². The Balaban J connectivity index is 2.20. The number of imide groups is 1. The third kappa shape index (κ3) is 6.05. The summed E-state index contributed by atoms with van der Waals surface area (Å²) in [6.45, 7) is 13.7. The predicted molar refractivity (Wildman–Crippen MR) is 150 cm³/mol. The highest BCUT2D eigenvalue weighted by atomic mass is 16.5. The largest absolute Gasteiger partial charge is 0.507 e. The molecule has 0 saturated heterocycles. The lowest BCUT2D eigenvalue weighted by atomic mass is 9.78. The van der Waals surface area contributed by atoms with E-state index in [1.165, 1.54) is 24.3 Å². The van der Waals surface area contributed by atoms with Crippen molar-refractivity contribution in [2.45, 2.75) is 59.3 Å². The minimum Gasteiger partial charge on any atom is -0.507 e. The summed E-state index contributed by atoms with van der Waals surface area (Å²) in [4.78, 5) is 41.1. The van der Waals surface area contributed by atoms with Crippen LogP contribution >= 0.6 is 0 Å². The molecule has 3 rings (SSSR count). The third-order valence-electron chi connectivity index (χ3n) is 6.17. The van der Waals surface area contributed by atoms with Crippen molar-refractivity contribution in [3.05, 3.63) is 88.5 Å². The second-order valence-electron chi connectivity index (χ2n) is 11.3. The molecule has 0 unspecified atom stereocenters. The summed E-state index contributed by atoms with van der Waals surface area (Å²) >= 11 is 0. The van der Waals surface area contributed by atoms with E-state index in [0.29, 0.717) is 22.4 Å². The molecular weight excluding hydrogens is 480 g/mol. The predicted octanol–water partition coefficient (Wildman–Crippen LogP) is 6.23. The average molecular weight is 517 g/mol. The number of nitrogen functional groups attached to an aromatic ring is 1. The first kappa shape index (κ1) is 28.4. The van der Waals surface area contributed by atoms with Crippen molar-refractivity contribution >= 4 is 29.2 Å². The minimum absolute atomic E-state index is 0.136. The van der Waals surface area contributed by atoms with Gasteiger partial charge in [0, 0.05) is 27.9 Å². The second-order valence-corrected chi connectivity index (χ2v) is 11.3. The van der Waals surface area contributed by atoms with Gasteiger partial charge in [0.2, 0.25) is 0 Å². The summed E-state index contributed by atoms with van der Waals surface area (Å²) in [7, 11) is 0. The molecule has 2 amide bonds. The molecule has 38 heavy (non-hydrogen) atoms. The first-order valence-corrected chi connectivity index (χ1v) is 12.5. The normalized spacial score (nSPS) is 11.7. The smallest absolute Gasteiger partial charge is 0.338 e. The highest BCUT2D eigenvalue weighted by Gasteiger charge is 2.32. The lowest BCUT2D eigenvalue weighted by Gasteiger charge is -2.29. The maximum atomic E-state index is 14.1. The van der Waals surface area contributed by atoms with Crippen molar-refractivity contribution in [1.82, 2.24) is 0 Å². The second kappa shape index (κ2) is 10.7.